The van der Waals surface area contributed by atoms with Gasteiger partial charge in [0, 0.05) is 27.5 Å². The standard InChI is InChI=1S/C19H20BrN3O2/c1-12-2-5-16(10-17(12)20)22-18(24)11-21-14-6-8-15(9-7-14)23-19(25)13-3-4-13/h2,5-10,13,21H,3-4,11H2,1H3,(H,22,24)(H,23,25). The zero-order chi connectivity index (χ0) is 17.8. The maximum Gasteiger partial charge on any atom is 0.243 e. The van der Waals surface area contributed by atoms with Crippen molar-refractivity contribution in [1.82, 2.24) is 0 Å². The lowest BCUT2D eigenvalue weighted by molar-refractivity contribution is -0.117. The van der Waals surface area contributed by atoms with Crippen molar-refractivity contribution in [2.45, 2.75) is 19.8 Å². The largest absolute Gasteiger partial charge is 0.376 e. The van der Waals surface area contributed by atoms with Gasteiger partial charge in [-0.25, -0.2) is 0 Å². The molecule has 1 aliphatic rings. The number of carbonyl (C=O) groups is 2. The van der Waals surface area contributed by atoms with Crippen LogP contribution in [0.4, 0.5) is 17.1 Å². The summed E-state index contributed by atoms with van der Waals surface area (Å²) in [6.07, 6.45) is 1.97. The van der Waals surface area contributed by atoms with Crippen LogP contribution in [-0.4, -0.2) is 18.4 Å². The quantitative estimate of drug-likeness (QED) is 0.680. The van der Waals surface area contributed by atoms with Crippen molar-refractivity contribution < 1.29 is 9.59 Å². The second-order valence-electron chi connectivity index (χ2n) is 6.21. The number of carbonyl (C=O) groups excluding carboxylic acids is 2. The molecule has 1 fully saturated rings. The van der Waals surface area contributed by atoms with Crippen molar-refractivity contribution in [1.29, 1.82) is 0 Å². The highest BCUT2D eigenvalue weighted by Gasteiger charge is 2.29. The van der Waals surface area contributed by atoms with Crippen LogP contribution in [0.25, 0.3) is 0 Å². The molecule has 1 saturated carbocycles. The Kier molecular flexibility index (Phi) is 5.38. The lowest BCUT2D eigenvalue weighted by Gasteiger charge is -2.10. The number of nitrogens with one attached hydrogen (secondary N) is 3. The summed E-state index contributed by atoms with van der Waals surface area (Å²) >= 11 is 3.45. The van der Waals surface area contributed by atoms with Gasteiger partial charge in [-0.1, -0.05) is 22.0 Å². The molecule has 2 aromatic carbocycles. The molecule has 0 heterocycles. The fourth-order valence-electron chi connectivity index (χ4n) is 2.32. The van der Waals surface area contributed by atoms with Gasteiger partial charge in [-0.2, -0.15) is 0 Å². The summed E-state index contributed by atoms with van der Waals surface area (Å²) in [6.45, 7) is 2.16. The molecule has 0 aromatic heterocycles. The van der Waals surface area contributed by atoms with Gasteiger partial charge < -0.3 is 16.0 Å². The Hall–Kier alpha value is -2.34. The summed E-state index contributed by atoms with van der Waals surface area (Å²) in [6, 6.07) is 13.0. The molecule has 6 heteroatoms. The molecule has 0 aliphatic heterocycles. The van der Waals surface area contributed by atoms with Crippen LogP contribution < -0.4 is 16.0 Å². The molecule has 0 bridgehead atoms. The Balaban J connectivity index is 1.48. The second-order valence-corrected chi connectivity index (χ2v) is 7.06. The minimum atomic E-state index is -0.123. The number of hydrogen-bond donors (Lipinski definition) is 3. The number of halogens is 1. The van der Waals surface area contributed by atoms with Crippen molar-refractivity contribution in [3.05, 3.63) is 52.5 Å². The molecule has 0 saturated heterocycles. The SMILES string of the molecule is Cc1ccc(NC(=O)CNc2ccc(NC(=O)C3CC3)cc2)cc1Br. The smallest absolute Gasteiger partial charge is 0.243 e. The normalized spacial score (nSPS) is 13.2. The van der Waals surface area contributed by atoms with Crippen LogP contribution in [0.15, 0.2) is 46.9 Å². The van der Waals surface area contributed by atoms with Crippen molar-refractivity contribution in [2.24, 2.45) is 5.92 Å². The third-order valence-corrected chi connectivity index (χ3v) is 4.86. The van der Waals surface area contributed by atoms with Crippen LogP contribution in [0, 0.1) is 12.8 Å². The van der Waals surface area contributed by atoms with E-state index in [0.717, 1.165) is 39.9 Å². The molecule has 0 radical (unpaired) electrons. The summed E-state index contributed by atoms with van der Waals surface area (Å²) in [4.78, 5) is 23.7. The van der Waals surface area contributed by atoms with E-state index < -0.39 is 0 Å². The van der Waals surface area contributed by atoms with Crippen molar-refractivity contribution in [3.63, 3.8) is 0 Å². The Morgan fingerprint density at radius 3 is 2.28 bits per heavy atom. The van der Waals surface area contributed by atoms with E-state index in [1.54, 1.807) is 0 Å². The molecule has 1 aliphatic carbocycles. The van der Waals surface area contributed by atoms with Gasteiger partial charge in [-0.3, -0.25) is 9.59 Å². The van der Waals surface area contributed by atoms with Crippen LogP contribution in [0.1, 0.15) is 18.4 Å². The molecule has 3 N–H and O–H groups in total. The minimum Gasteiger partial charge on any atom is -0.376 e. The summed E-state index contributed by atoms with van der Waals surface area (Å²) in [5.41, 5.74) is 3.47. The molecular weight excluding hydrogens is 382 g/mol. The second kappa shape index (κ2) is 7.70. The fourth-order valence-corrected chi connectivity index (χ4v) is 2.70. The summed E-state index contributed by atoms with van der Waals surface area (Å²) < 4.78 is 0.960. The van der Waals surface area contributed by atoms with Crippen molar-refractivity contribution >= 4 is 44.8 Å². The first-order chi connectivity index (χ1) is 12.0. The number of rotatable bonds is 6. The highest BCUT2D eigenvalue weighted by molar-refractivity contribution is 9.10. The monoisotopic (exact) mass is 401 g/mol. The molecule has 5 nitrogen and oxygen atoms in total. The molecule has 130 valence electrons. The topological polar surface area (TPSA) is 70.2 Å². The van der Waals surface area contributed by atoms with Crippen LogP contribution in [-0.2, 0) is 9.59 Å². The Labute approximate surface area is 155 Å². The van der Waals surface area contributed by atoms with Gasteiger partial charge in [0.15, 0.2) is 0 Å². The Morgan fingerprint density at radius 1 is 1.00 bits per heavy atom. The van der Waals surface area contributed by atoms with E-state index in [2.05, 4.69) is 31.9 Å². The third-order valence-electron chi connectivity index (χ3n) is 4.01. The van der Waals surface area contributed by atoms with Crippen molar-refractivity contribution in [2.75, 3.05) is 22.5 Å². The summed E-state index contributed by atoms with van der Waals surface area (Å²) in [5, 5.41) is 8.81. The number of hydrogen-bond acceptors (Lipinski definition) is 3. The molecule has 3 rings (SSSR count). The highest BCUT2D eigenvalue weighted by Crippen LogP contribution is 2.30. The van der Waals surface area contributed by atoms with E-state index in [-0.39, 0.29) is 24.3 Å². The maximum atomic E-state index is 12.0. The first-order valence-corrected chi connectivity index (χ1v) is 9.01. The van der Waals surface area contributed by atoms with Crippen molar-refractivity contribution in [3.8, 4) is 0 Å². The van der Waals surface area contributed by atoms with E-state index in [9.17, 15) is 9.59 Å². The van der Waals surface area contributed by atoms with Gasteiger partial charge in [-0.05, 0) is 61.7 Å². The average molecular weight is 402 g/mol. The van der Waals surface area contributed by atoms with E-state index >= 15 is 0 Å². The Morgan fingerprint density at radius 2 is 1.64 bits per heavy atom. The van der Waals surface area contributed by atoms with Gasteiger partial charge in [0.1, 0.15) is 0 Å². The predicted molar refractivity (Wildman–Crippen MR) is 104 cm³/mol. The first-order valence-electron chi connectivity index (χ1n) is 8.22. The number of aryl methyl sites for hydroxylation is 1. The molecule has 0 unspecified atom stereocenters. The third kappa shape index (κ3) is 5.06. The van der Waals surface area contributed by atoms with E-state index in [1.165, 1.54) is 0 Å². The zero-order valence-electron chi connectivity index (χ0n) is 13.9. The van der Waals surface area contributed by atoms with Crippen LogP contribution in [0.5, 0.6) is 0 Å². The lowest BCUT2D eigenvalue weighted by atomic mass is 10.2. The van der Waals surface area contributed by atoms with Gasteiger partial charge >= 0.3 is 0 Å². The predicted octanol–water partition coefficient (Wildman–Crippen LogP) is 4.16. The zero-order valence-corrected chi connectivity index (χ0v) is 15.5. The summed E-state index contributed by atoms with van der Waals surface area (Å²) in [5.74, 6) is 0.148. The summed E-state index contributed by atoms with van der Waals surface area (Å²) in [7, 11) is 0. The molecule has 0 atom stereocenters. The highest BCUT2D eigenvalue weighted by atomic mass is 79.9. The molecule has 0 spiro atoms. The van der Waals surface area contributed by atoms with Crippen LogP contribution in [0.3, 0.4) is 0 Å². The number of anilines is 3. The lowest BCUT2D eigenvalue weighted by Crippen LogP contribution is -2.21. The maximum absolute atomic E-state index is 12.0. The number of benzene rings is 2. The fraction of sp³-hybridized carbons (Fsp3) is 0.263. The van der Waals surface area contributed by atoms with E-state index in [4.69, 9.17) is 0 Å². The average Bonchev–Trinajstić information content (AvgIpc) is 3.43. The van der Waals surface area contributed by atoms with E-state index in [1.807, 2.05) is 49.4 Å². The first kappa shape index (κ1) is 17.5. The van der Waals surface area contributed by atoms with Gasteiger partial charge in [0.25, 0.3) is 0 Å². The van der Waals surface area contributed by atoms with Crippen LogP contribution >= 0.6 is 15.9 Å². The van der Waals surface area contributed by atoms with Gasteiger partial charge in [0.05, 0.1) is 6.54 Å². The number of amides is 2. The molecule has 25 heavy (non-hydrogen) atoms. The van der Waals surface area contributed by atoms with Gasteiger partial charge in [-0.15, -0.1) is 0 Å². The molecular formula is C19H20BrN3O2. The molecule has 2 aromatic rings. The van der Waals surface area contributed by atoms with E-state index in [0.29, 0.717) is 0 Å². The minimum absolute atomic E-state index is 0.0874. The Bertz CT molecular complexity index is 786. The van der Waals surface area contributed by atoms with Gasteiger partial charge in [0.2, 0.25) is 11.8 Å². The van der Waals surface area contributed by atoms with Crippen LogP contribution in [0.2, 0.25) is 0 Å². The molecule has 2 amide bonds.